The van der Waals surface area contributed by atoms with Crippen molar-refractivity contribution in [2.24, 2.45) is 0 Å². The highest BCUT2D eigenvalue weighted by atomic mass is 16.5. The molecule has 0 bridgehead atoms. The van der Waals surface area contributed by atoms with E-state index in [1.54, 1.807) is 12.5 Å². The average molecular weight is 502 g/mol. The molecule has 0 saturated carbocycles. The van der Waals surface area contributed by atoms with Gasteiger partial charge in [-0.2, -0.15) is 9.97 Å². The monoisotopic (exact) mass is 501 g/mol. The van der Waals surface area contributed by atoms with E-state index in [2.05, 4.69) is 25.5 Å². The lowest BCUT2D eigenvalue weighted by molar-refractivity contribution is -0.127. The Morgan fingerprint density at radius 2 is 1.92 bits per heavy atom. The number of nitrogens with zero attached hydrogens (tertiary/aromatic N) is 7. The van der Waals surface area contributed by atoms with Crippen LogP contribution in [0.25, 0.3) is 22.1 Å². The maximum atomic E-state index is 12.1. The summed E-state index contributed by atoms with van der Waals surface area (Å²) < 4.78 is 7.46. The summed E-state index contributed by atoms with van der Waals surface area (Å²) in [6.07, 6.45) is 5.15. The summed E-state index contributed by atoms with van der Waals surface area (Å²) in [6, 6.07) is 9.96. The zero-order valence-corrected chi connectivity index (χ0v) is 20.8. The number of nitrogens with one attached hydrogen (secondary N) is 2. The Kier molecular flexibility index (Phi) is 6.78. The van der Waals surface area contributed by atoms with Gasteiger partial charge in [0.15, 0.2) is 17.0 Å². The second-order valence-corrected chi connectivity index (χ2v) is 9.41. The molecule has 6 rings (SSSR count). The van der Waals surface area contributed by atoms with E-state index in [0.29, 0.717) is 31.3 Å². The molecule has 11 heteroatoms. The molecule has 0 aliphatic carbocycles. The Balaban J connectivity index is 1.26. The number of carbonyl (C=O) groups is 1. The highest BCUT2D eigenvalue weighted by Crippen LogP contribution is 2.25. The number of amides is 1. The Morgan fingerprint density at radius 1 is 1.00 bits per heavy atom. The van der Waals surface area contributed by atoms with E-state index in [-0.39, 0.29) is 5.91 Å². The van der Waals surface area contributed by atoms with E-state index in [0.717, 1.165) is 80.1 Å². The summed E-state index contributed by atoms with van der Waals surface area (Å²) in [5, 5.41) is 7.89. The van der Waals surface area contributed by atoms with Crippen molar-refractivity contribution in [1.82, 2.24) is 34.3 Å². The van der Waals surface area contributed by atoms with Gasteiger partial charge < -0.3 is 24.8 Å². The first-order chi connectivity index (χ1) is 18.2. The van der Waals surface area contributed by atoms with Crippen LogP contribution in [0.4, 0.5) is 17.5 Å². The lowest BCUT2D eigenvalue weighted by Gasteiger charge is -2.26. The maximum Gasteiger partial charge on any atom is 0.231 e. The normalized spacial score (nSPS) is 16.6. The molecule has 192 valence electrons. The van der Waals surface area contributed by atoms with Crippen molar-refractivity contribution >= 4 is 45.4 Å². The Morgan fingerprint density at radius 3 is 2.78 bits per heavy atom. The second-order valence-electron chi connectivity index (χ2n) is 9.41. The van der Waals surface area contributed by atoms with Crippen LogP contribution in [0.3, 0.4) is 0 Å². The first-order valence-electron chi connectivity index (χ1n) is 12.9. The predicted molar refractivity (Wildman–Crippen MR) is 142 cm³/mol. The number of rotatable bonds is 9. The minimum absolute atomic E-state index is 0.220. The van der Waals surface area contributed by atoms with E-state index in [9.17, 15) is 4.79 Å². The van der Waals surface area contributed by atoms with Crippen LogP contribution >= 0.6 is 0 Å². The lowest BCUT2D eigenvalue weighted by Crippen LogP contribution is -2.39. The van der Waals surface area contributed by atoms with Gasteiger partial charge in [0.2, 0.25) is 11.9 Å². The van der Waals surface area contributed by atoms with Crippen LogP contribution in [-0.2, 0) is 16.1 Å². The third-order valence-electron chi connectivity index (χ3n) is 6.93. The molecule has 5 heterocycles. The SMILES string of the molecule is O=C1CCCN1CCn1cnc2c(NCCN3CCOCC3)nc(Nc3ccc4ncccc4c3)nc21. The number of fused-ring (bicyclic) bond motifs is 2. The summed E-state index contributed by atoms with van der Waals surface area (Å²) in [7, 11) is 0. The number of benzene rings is 1. The van der Waals surface area contributed by atoms with Crippen molar-refractivity contribution in [2.45, 2.75) is 19.4 Å². The van der Waals surface area contributed by atoms with Crippen LogP contribution in [0.2, 0.25) is 0 Å². The summed E-state index contributed by atoms with van der Waals surface area (Å²) in [4.78, 5) is 35.0. The molecule has 2 N–H and O–H groups in total. The third-order valence-corrected chi connectivity index (χ3v) is 6.93. The van der Waals surface area contributed by atoms with E-state index in [1.165, 1.54) is 0 Å². The fourth-order valence-corrected chi connectivity index (χ4v) is 4.90. The van der Waals surface area contributed by atoms with E-state index >= 15 is 0 Å². The summed E-state index contributed by atoms with van der Waals surface area (Å²) in [6.45, 7) is 7.16. The Labute approximate surface area is 214 Å². The van der Waals surface area contributed by atoms with Gasteiger partial charge in [-0.15, -0.1) is 0 Å². The molecule has 0 unspecified atom stereocenters. The van der Waals surface area contributed by atoms with Crippen molar-refractivity contribution in [3.05, 3.63) is 42.9 Å². The number of morpholine rings is 1. The van der Waals surface area contributed by atoms with Crippen LogP contribution in [0, 0.1) is 0 Å². The van der Waals surface area contributed by atoms with Crippen LogP contribution in [0.5, 0.6) is 0 Å². The molecule has 1 aromatic carbocycles. The smallest absolute Gasteiger partial charge is 0.231 e. The molecule has 0 radical (unpaired) electrons. The lowest BCUT2D eigenvalue weighted by atomic mass is 10.2. The summed E-state index contributed by atoms with van der Waals surface area (Å²) in [5.41, 5.74) is 3.28. The van der Waals surface area contributed by atoms with Gasteiger partial charge in [0.25, 0.3) is 0 Å². The number of imidazole rings is 1. The molecule has 37 heavy (non-hydrogen) atoms. The largest absolute Gasteiger partial charge is 0.379 e. The van der Waals surface area contributed by atoms with E-state index in [4.69, 9.17) is 14.7 Å². The fourth-order valence-electron chi connectivity index (χ4n) is 4.90. The molecular formula is C26H31N9O2. The van der Waals surface area contributed by atoms with Gasteiger partial charge in [-0.05, 0) is 30.7 Å². The molecule has 2 fully saturated rings. The molecular weight excluding hydrogens is 470 g/mol. The van der Waals surface area contributed by atoms with Gasteiger partial charge in [0.1, 0.15) is 0 Å². The zero-order valence-electron chi connectivity index (χ0n) is 20.8. The van der Waals surface area contributed by atoms with Crippen molar-refractivity contribution in [1.29, 1.82) is 0 Å². The van der Waals surface area contributed by atoms with Crippen molar-refractivity contribution < 1.29 is 9.53 Å². The Bertz CT molecular complexity index is 1400. The van der Waals surface area contributed by atoms with Gasteiger partial charge in [-0.1, -0.05) is 6.07 Å². The minimum atomic E-state index is 0.220. The molecule has 2 aliphatic rings. The number of aromatic nitrogens is 5. The van der Waals surface area contributed by atoms with Crippen LogP contribution < -0.4 is 10.6 Å². The van der Waals surface area contributed by atoms with Crippen LogP contribution in [0.15, 0.2) is 42.9 Å². The Hall–Kier alpha value is -3.83. The third kappa shape index (κ3) is 5.32. The molecule has 3 aromatic heterocycles. The van der Waals surface area contributed by atoms with Crippen molar-refractivity contribution in [3.8, 4) is 0 Å². The number of hydrogen-bond donors (Lipinski definition) is 2. The quantitative estimate of drug-likeness (QED) is 0.357. The van der Waals surface area contributed by atoms with Crippen LogP contribution in [-0.4, -0.2) is 92.7 Å². The fraction of sp³-hybridized carbons (Fsp3) is 0.423. The highest BCUT2D eigenvalue weighted by Gasteiger charge is 2.21. The van der Waals surface area contributed by atoms with Gasteiger partial charge in [-0.3, -0.25) is 14.7 Å². The second kappa shape index (κ2) is 10.7. The van der Waals surface area contributed by atoms with Gasteiger partial charge in [-0.25, -0.2) is 4.98 Å². The van der Waals surface area contributed by atoms with E-state index < -0.39 is 0 Å². The first-order valence-corrected chi connectivity index (χ1v) is 12.9. The zero-order chi connectivity index (χ0) is 25.0. The number of carbonyl (C=O) groups excluding carboxylic acids is 1. The number of anilines is 3. The topological polar surface area (TPSA) is 113 Å². The standard InChI is InChI=1S/C26H31N9O2/c36-22-4-2-9-34(22)11-12-35-18-29-23-24(28-8-10-33-13-15-37-16-14-33)31-26(32-25(23)35)30-20-5-6-21-19(17-20)3-1-7-27-21/h1,3,5-7,17-18H,2,4,8-16H2,(H2,28,30,31,32). The number of pyridine rings is 1. The summed E-state index contributed by atoms with van der Waals surface area (Å²) in [5.74, 6) is 1.40. The number of ether oxygens (including phenoxy) is 1. The van der Waals surface area contributed by atoms with Crippen LogP contribution in [0.1, 0.15) is 12.8 Å². The van der Waals surface area contributed by atoms with Gasteiger partial charge in [0.05, 0.1) is 25.1 Å². The molecule has 0 spiro atoms. The van der Waals surface area contributed by atoms with Gasteiger partial charge >= 0.3 is 0 Å². The molecule has 11 nitrogen and oxygen atoms in total. The first kappa shape index (κ1) is 23.6. The minimum Gasteiger partial charge on any atom is -0.379 e. The van der Waals surface area contributed by atoms with E-state index in [1.807, 2.05) is 39.8 Å². The predicted octanol–water partition coefficient (Wildman–Crippen LogP) is 2.48. The summed E-state index contributed by atoms with van der Waals surface area (Å²) >= 11 is 0. The molecule has 4 aromatic rings. The molecule has 2 saturated heterocycles. The van der Waals surface area contributed by atoms with Gasteiger partial charge in [0, 0.05) is 69.5 Å². The van der Waals surface area contributed by atoms with Crippen molar-refractivity contribution in [2.75, 3.05) is 63.1 Å². The molecule has 1 amide bonds. The molecule has 0 atom stereocenters. The number of hydrogen-bond acceptors (Lipinski definition) is 9. The maximum absolute atomic E-state index is 12.1. The highest BCUT2D eigenvalue weighted by molar-refractivity contribution is 5.86. The molecule has 2 aliphatic heterocycles. The number of likely N-dealkylation sites (tertiary alicyclic amines) is 1. The van der Waals surface area contributed by atoms with Crippen molar-refractivity contribution in [3.63, 3.8) is 0 Å². The average Bonchev–Trinajstić information content (AvgIpc) is 3.53.